The van der Waals surface area contributed by atoms with E-state index in [0.717, 1.165) is 32.4 Å². The number of hydrogen-bond acceptors (Lipinski definition) is 3. The first-order chi connectivity index (χ1) is 8.67. The number of nitriles is 1. The van der Waals surface area contributed by atoms with Crippen LogP contribution in [0.4, 0.5) is 0 Å². The molecule has 0 fully saturated rings. The second-order valence-corrected chi connectivity index (χ2v) is 5.02. The van der Waals surface area contributed by atoms with Gasteiger partial charge in [0.25, 0.3) is 0 Å². The summed E-state index contributed by atoms with van der Waals surface area (Å²) in [6.07, 6.45) is 5.37. The van der Waals surface area contributed by atoms with Gasteiger partial charge in [0.1, 0.15) is 5.54 Å². The van der Waals surface area contributed by atoms with E-state index in [1.807, 2.05) is 0 Å². The molecule has 3 heteroatoms. The molecule has 0 amide bonds. The lowest BCUT2D eigenvalue weighted by Gasteiger charge is -2.28. The molecule has 18 heavy (non-hydrogen) atoms. The van der Waals surface area contributed by atoms with Crippen LogP contribution in [0.25, 0.3) is 0 Å². The molecule has 0 aliphatic heterocycles. The lowest BCUT2D eigenvalue weighted by Crippen LogP contribution is -2.43. The van der Waals surface area contributed by atoms with Crippen molar-refractivity contribution in [3.8, 4) is 6.07 Å². The maximum absolute atomic E-state index is 9.35. The quantitative estimate of drug-likeness (QED) is 0.615. The molecular formula is C15H31N3. The maximum Gasteiger partial charge on any atom is 0.106 e. The Kier molecular flexibility index (Phi) is 10.0. The monoisotopic (exact) mass is 253 g/mol. The third kappa shape index (κ3) is 6.37. The number of nitrogens with one attached hydrogen (secondary N) is 1. The molecule has 3 nitrogen and oxygen atoms in total. The number of rotatable bonds is 11. The van der Waals surface area contributed by atoms with Crippen molar-refractivity contribution < 1.29 is 0 Å². The second kappa shape index (κ2) is 10.3. The minimum Gasteiger partial charge on any atom is -0.303 e. The molecule has 0 saturated heterocycles. The van der Waals surface area contributed by atoms with Crippen LogP contribution < -0.4 is 5.32 Å². The van der Waals surface area contributed by atoms with E-state index >= 15 is 0 Å². The first kappa shape index (κ1) is 17.4. The number of hydrogen-bond donors (Lipinski definition) is 1. The molecule has 0 aliphatic carbocycles. The molecule has 0 bridgehead atoms. The van der Waals surface area contributed by atoms with Crippen LogP contribution in [0.3, 0.4) is 0 Å². The van der Waals surface area contributed by atoms with Gasteiger partial charge in [-0.05, 0) is 58.3 Å². The summed E-state index contributed by atoms with van der Waals surface area (Å²) < 4.78 is 0. The van der Waals surface area contributed by atoms with Crippen LogP contribution >= 0.6 is 0 Å². The Morgan fingerprint density at radius 3 is 2.06 bits per heavy atom. The highest BCUT2D eigenvalue weighted by Crippen LogP contribution is 2.17. The Hall–Kier alpha value is -0.590. The highest BCUT2D eigenvalue weighted by molar-refractivity contribution is 5.05. The van der Waals surface area contributed by atoms with Crippen molar-refractivity contribution in [3.05, 3.63) is 0 Å². The molecule has 0 rings (SSSR count). The topological polar surface area (TPSA) is 39.1 Å². The summed E-state index contributed by atoms with van der Waals surface area (Å²) in [5.41, 5.74) is -0.307. The number of nitrogens with zero attached hydrogens (tertiary/aromatic N) is 2. The van der Waals surface area contributed by atoms with Gasteiger partial charge in [0.05, 0.1) is 6.07 Å². The molecule has 0 radical (unpaired) electrons. The molecule has 0 aliphatic rings. The standard InChI is InChI=1S/C15H31N3/c1-5-11-18(12-6-2)13-9-10-15(7-3,14-16)17-8-4/h17H,5-13H2,1-4H3. The SMILES string of the molecule is CCCN(CCC)CCCC(C#N)(CC)NCC. The molecule has 106 valence electrons. The fourth-order valence-electron chi connectivity index (χ4n) is 2.48. The smallest absolute Gasteiger partial charge is 0.106 e. The fraction of sp³-hybridized carbons (Fsp3) is 0.933. The van der Waals surface area contributed by atoms with Gasteiger partial charge in [0, 0.05) is 0 Å². The predicted octanol–water partition coefficient (Wildman–Crippen LogP) is 3.17. The van der Waals surface area contributed by atoms with Gasteiger partial charge in [-0.1, -0.05) is 27.7 Å². The minimum atomic E-state index is -0.307. The normalized spacial score (nSPS) is 14.4. The fourth-order valence-corrected chi connectivity index (χ4v) is 2.48. The first-order valence-corrected chi connectivity index (χ1v) is 7.56. The summed E-state index contributed by atoms with van der Waals surface area (Å²) in [5, 5.41) is 12.7. The van der Waals surface area contributed by atoms with Crippen molar-refractivity contribution in [3.63, 3.8) is 0 Å². The minimum absolute atomic E-state index is 0.307. The van der Waals surface area contributed by atoms with Gasteiger partial charge in [-0.15, -0.1) is 0 Å². The Morgan fingerprint density at radius 2 is 1.67 bits per heavy atom. The average Bonchev–Trinajstić information content (AvgIpc) is 2.38. The van der Waals surface area contributed by atoms with Crippen LogP contribution in [0.15, 0.2) is 0 Å². The van der Waals surface area contributed by atoms with E-state index in [1.54, 1.807) is 0 Å². The van der Waals surface area contributed by atoms with E-state index in [-0.39, 0.29) is 5.54 Å². The zero-order valence-electron chi connectivity index (χ0n) is 12.8. The van der Waals surface area contributed by atoms with E-state index in [4.69, 9.17) is 0 Å². The van der Waals surface area contributed by atoms with Crippen LogP contribution in [0.1, 0.15) is 59.8 Å². The Bertz CT molecular complexity index is 228. The van der Waals surface area contributed by atoms with Gasteiger partial charge in [-0.3, -0.25) is 5.32 Å². The van der Waals surface area contributed by atoms with Crippen molar-refractivity contribution in [2.45, 2.75) is 65.3 Å². The molecule has 1 unspecified atom stereocenters. The maximum atomic E-state index is 9.35. The van der Waals surface area contributed by atoms with Gasteiger partial charge in [0.2, 0.25) is 0 Å². The summed E-state index contributed by atoms with van der Waals surface area (Å²) >= 11 is 0. The van der Waals surface area contributed by atoms with E-state index in [2.05, 4.69) is 44.0 Å². The molecule has 0 aromatic heterocycles. The van der Waals surface area contributed by atoms with Crippen LogP contribution in [0.5, 0.6) is 0 Å². The summed E-state index contributed by atoms with van der Waals surface area (Å²) in [6, 6.07) is 2.47. The van der Waals surface area contributed by atoms with Crippen LogP contribution in [0.2, 0.25) is 0 Å². The highest BCUT2D eigenvalue weighted by atomic mass is 15.1. The molecule has 1 N–H and O–H groups in total. The molecule has 0 spiro atoms. The van der Waals surface area contributed by atoms with Crippen molar-refractivity contribution in [2.24, 2.45) is 0 Å². The van der Waals surface area contributed by atoms with Crippen molar-refractivity contribution in [2.75, 3.05) is 26.2 Å². The van der Waals surface area contributed by atoms with Gasteiger partial charge in [0.15, 0.2) is 0 Å². The van der Waals surface area contributed by atoms with Gasteiger partial charge >= 0.3 is 0 Å². The third-order valence-corrected chi connectivity index (χ3v) is 3.49. The third-order valence-electron chi connectivity index (χ3n) is 3.49. The average molecular weight is 253 g/mol. The zero-order valence-corrected chi connectivity index (χ0v) is 12.8. The van der Waals surface area contributed by atoms with Crippen molar-refractivity contribution in [1.29, 1.82) is 5.26 Å². The zero-order chi connectivity index (χ0) is 13.9. The van der Waals surface area contributed by atoms with Crippen LogP contribution in [0, 0.1) is 11.3 Å². The second-order valence-electron chi connectivity index (χ2n) is 5.02. The van der Waals surface area contributed by atoms with E-state index in [0.29, 0.717) is 0 Å². The molecule has 0 aromatic rings. The molecular weight excluding hydrogens is 222 g/mol. The molecule has 1 atom stereocenters. The first-order valence-electron chi connectivity index (χ1n) is 7.56. The lowest BCUT2D eigenvalue weighted by atomic mass is 9.92. The summed E-state index contributed by atoms with van der Waals surface area (Å²) in [5.74, 6) is 0. The molecule has 0 saturated carbocycles. The Morgan fingerprint density at radius 1 is 1.06 bits per heavy atom. The van der Waals surface area contributed by atoms with Crippen molar-refractivity contribution >= 4 is 0 Å². The van der Waals surface area contributed by atoms with Gasteiger partial charge in [-0.2, -0.15) is 5.26 Å². The molecule has 0 aromatic carbocycles. The Labute approximate surface area is 114 Å². The molecule has 0 heterocycles. The summed E-state index contributed by atoms with van der Waals surface area (Å²) in [4.78, 5) is 2.52. The van der Waals surface area contributed by atoms with Crippen molar-refractivity contribution in [1.82, 2.24) is 10.2 Å². The van der Waals surface area contributed by atoms with Crippen LogP contribution in [-0.4, -0.2) is 36.6 Å². The largest absolute Gasteiger partial charge is 0.303 e. The predicted molar refractivity (Wildman–Crippen MR) is 78.6 cm³/mol. The summed E-state index contributed by atoms with van der Waals surface area (Å²) in [7, 11) is 0. The Balaban J connectivity index is 4.14. The van der Waals surface area contributed by atoms with Gasteiger partial charge in [-0.25, -0.2) is 0 Å². The lowest BCUT2D eigenvalue weighted by molar-refractivity contribution is 0.254. The highest BCUT2D eigenvalue weighted by Gasteiger charge is 2.25. The van der Waals surface area contributed by atoms with E-state index < -0.39 is 0 Å². The summed E-state index contributed by atoms with van der Waals surface area (Å²) in [6.45, 7) is 13.0. The van der Waals surface area contributed by atoms with Crippen LogP contribution in [-0.2, 0) is 0 Å². The van der Waals surface area contributed by atoms with E-state index in [1.165, 1.54) is 25.9 Å². The van der Waals surface area contributed by atoms with Gasteiger partial charge < -0.3 is 4.90 Å². The van der Waals surface area contributed by atoms with E-state index in [9.17, 15) is 5.26 Å².